The Labute approximate surface area is 153 Å². The number of nitrogens with one attached hydrogen (secondary N) is 1. The lowest BCUT2D eigenvalue weighted by Crippen LogP contribution is -2.37. The summed E-state index contributed by atoms with van der Waals surface area (Å²) in [5.74, 6) is 0.259. The van der Waals surface area contributed by atoms with E-state index in [1.165, 1.54) is 39.5 Å². The fraction of sp³-hybridized carbons (Fsp3) is 0.500. The van der Waals surface area contributed by atoms with E-state index in [-0.39, 0.29) is 5.91 Å². The zero-order valence-electron chi connectivity index (χ0n) is 14.6. The third-order valence-corrected chi connectivity index (χ3v) is 6.37. The molecule has 0 saturated heterocycles. The Morgan fingerprint density at radius 2 is 2.04 bits per heavy atom. The van der Waals surface area contributed by atoms with Crippen LogP contribution in [0.25, 0.3) is 0 Å². The highest BCUT2D eigenvalue weighted by Gasteiger charge is 2.20. The van der Waals surface area contributed by atoms with Crippen LogP contribution >= 0.6 is 11.3 Å². The second-order valence-electron chi connectivity index (χ2n) is 6.92. The summed E-state index contributed by atoms with van der Waals surface area (Å²) >= 11 is 1.88. The second-order valence-corrected chi connectivity index (χ2v) is 8.08. The predicted molar refractivity (Wildman–Crippen MR) is 101 cm³/mol. The van der Waals surface area contributed by atoms with Crippen LogP contribution in [-0.4, -0.2) is 35.4 Å². The Morgan fingerprint density at radius 3 is 2.92 bits per heavy atom. The first-order valence-corrected chi connectivity index (χ1v) is 10.1. The number of benzene rings is 1. The molecule has 1 aromatic heterocycles. The number of amides is 1. The lowest BCUT2D eigenvalue weighted by molar-refractivity contribution is -0.132. The van der Waals surface area contributed by atoms with Gasteiger partial charge in [0.1, 0.15) is 0 Å². The normalized spacial score (nSPS) is 15.9. The minimum absolute atomic E-state index is 0.259. The molecule has 0 atom stereocenters. The summed E-state index contributed by atoms with van der Waals surface area (Å²) in [7, 11) is 0. The number of nitrogens with zero attached hydrogens (tertiary/aromatic N) is 2. The number of aryl methyl sites for hydroxylation is 2. The van der Waals surface area contributed by atoms with Gasteiger partial charge in [0.25, 0.3) is 0 Å². The molecule has 0 unspecified atom stereocenters. The van der Waals surface area contributed by atoms with Crippen LogP contribution in [0.15, 0.2) is 24.3 Å². The molecule has 0 saturated carbocycles. The molecule has 0 bridgehead atoms. The summed E-state index contributed by atoms with van der Waals surface area (Å²) in [4.78, 5) is 20.6. The molecule has 4 nitrogen and oxygen atoms in total. The summed E-state index contributed by atoms with van der Waals surface area (Å²) < 4.78 is 0. The van der Waals surface area contributed by atoms with Gasteiger partial charge >= 0.3 is 0 Å². The van der Waals surface area contributed by atoms with Crippen molar-refractivity contribution in [3.05, 3.63) is 51.0 Å². The Hall–Kier alpha value is -1.72. The molecule has 1 aromatic carbocycles. The van der Waals surface area contributed by atoms with E-state index >= 15 is 0 Å². The smallest absolute Gasteiger partial charge is 0.224 e. The molecule has 2 aromatic rings. The van der Waals surface area contributed by atoms with Crippen molar-refractivity contribution in [1.29, 1.82) is 0 Å². The maximum absolute atomic E-state index is 12.4. The van der Waals surface area contributed by atoms with E-state index in [0.29, 0.717) is 6.42 Å². The van der Waals surface area contributed by atoms with E-state index in [9.17, 15) is 4.79 Å². The van der Waals surface area contributed by atoms with Gasteiger partial charge in [-0.1, -0.05) is 24.3 Å². The van der Waals surface area contributed by atoms with Gasteiger partial charge in [-0.2, -0.15) is 0 Å². The zero-order valence-corrected chi connectivity index (χ0v) is 15.4. The molecule has 132 valence electrons. The van der Waals surface area contributed by atoms with Crippen molar-refractivity contribution < 1.29 is 4.79 Å². The van der Waals surface area contributed by atoms with Crippen molar-refractivity contribution in [2.24, 2.45) is 0 Å². The third kappa shape index (κ3) is 3.93. The molecule has 25 heavy (non-hydrogen) atoms. The first kappa shape index (κ1) is 16.7. The second kappa shape index (κ2) is 7.67. The lowest BCUT2D eigenvalue weighted by atomic mass is 10.00. The highest BCUT2D eigenvalue weighted by Crippen LogP contribution is 2.27. The molecule has 1 N–H and O–H groups in total. The first-order valence-electron chi connectivity index (χ1n) is 9.32. The summed E-state index contributed by atoms with van der Waals surface area (Å²) in [5, 5.41) is 4.65. The van der Waals surface area contributed by atoms with Gasteiger partial charge in [0.2, 0.25) is 5.91 Å². The minimum Gasteiger partial charge on any atom is -0.338 e. The number of carbonyl (C=O) groups is 1. The van der Waals surface area contributed by atoms with Crippen LogP contribution in [0.5, 0.6) is 0 Å². The molecule has 2 heterocycles. The monoisotopic (exact) mass is 355 g/mol. The molecule has 2 aliphatic rings. The number of rotatable bonds is 6. The van der Waals surface area contributed by atoms with Crippen LogP contribution in [0.4, 0.5) is 0 Å². The molecule has 5 heteroatoms. The van der Waals surface area contributed by atoms with Crippen LogP contribution in [0.1, 0.15) is 39.5 Å². The van der Waals surface area contributed by atoms with Crippen molar-refractivity contribution in [3.63, 3.8) is 0 Å². The number of fused-ring (bicyclic) bond motifs is 2. The van der Waals surface area contributed by atoms with E-state index in [0.717, 1.165) is 45.4 Å². The van der Waals surface area contributed by atoms with Crippen LogP contribution in [0, 0.1) is 0 Å². The topological polar surface area (TPSA) is 45.2 Å². The maximum Gasteiger partial charge on any atom is 0.224 e. The highest BCUT2D eigenvalue weighted by molar-refractivity contribution is 7.11. The fourth-order valence-electron chi connectivity index (χ4n) is 3.73. The van der Waals surface area contributed by atoms with Crippen molar-refractivity contribution in [3.8, 4) is 0 Å². The van der Waals surface area contributed by atoms with E-state index < -0.39 is 0 Å². The van der Waals surface area contributed by atoms with E-state index in [2.05, 4.69) is 29.6 Å². The lowest BCUT2D eigenvalue weighted by Gasteiger charge is -2.29. The van der Waals surface area contributed by atoms with Crippen LogP contribution in [0.3, 0.4) is 0 Å². The van der Waals surface area contributed by atoms with Gasteiger partial charge < -0.3 is 10.2 Å². The minimum atomic E-state index is 0.259. The van der Waals surface area contributed by atoms with E-state index in [1.807, 2.05) is 16.2 Å². The van der Waals surface area contributed by atoms with Crippen LogP contribution < -0.4 is 5.32 Å². The Morgan fingerprint density at radius 1 is 1.16 bits per heavy atom. The first-order chi connectivity index (χ1) is 12.3. The number of thiazole rings is 1. The summed E-state index contributed by atoms with van der Waals surface area (Å²) in [5.41, 5.74) is 4.02. The van der Waals surface area contributed by atoms with Crippen molar-refractivity contribution in [1.82, 2.24) is 15.2 Å². The molecule has 1 aliphatic carbocycles. The average molecular weight is 356 g/mol. The molecule has 0 spiro atoms. The summed E-state index contributed by atoms with van der Waals surface area (Å²) in [6.07, 6.45) is 6.18. The van der Waals surface area contributed by atoms with E-state index in [4.69, 9.17) is 4.98 Å². The number of hydrogen-bond donors (Lipinski definition) is 1. The van der Waals surface area contributed by atoms with Crippen LogP contribution in [-0.2, 0) is 37.0 Å². The predicted octanol–water partition coefficient (Wildman–Crippen LogP) is 2.74. The number of aromatic nitrogens is 1. The third-order valence-electron chi connectivity index (χ3n) is 5.15. The van der Waals surface area contributed by atoms with Gasteiger partial charge in [-0.25, -0.2) is 4.98 Å². The van der Waals surface area contributed by atoms with Gasteiger partial charge in [0.15, 0.2) is 0 Å². The van der Waals surface area contributed by atoms with Crippen LogP contribution in [0.2, 0.25) is 0 Å². The average Bonchev–Trinajstić information content (AvgIpc) is 3.22. The van der Waals surface area contributed by atoms with Gasteiger partial charge in [-0.05, 0) is 36.8 Å². The van der Waals surface area contributed by atoms with Gasteiger partial charge in [0.05, 0.1) is 10.7 Å². The zero-order chi connectivity index (χ0) is 17.1. The number of hydrogen-bond acceptors (Lipinski definition) is 4. The van der Waals surface area contributed by atoms with Gasteiger partial charge in [0, 0.05) is 43.9 Å². The molecular formula is C20H25N3OS. The SMILES string of the molecule is O=C(CCNCCc1nc2c(s1)CCC2)N1CCc2ccccc2C1. The van der Waals surface area contributed by atoms with E-state index in [1.54, 1.807) is 0 Å². The molecule has 1 amide bonds. The molecule has 0 radical (unpaired) electrons. The molecular weight excluding hydrogens is 330 g/mol. The molecule has 4 rings (SSSR count). The quantitative estimate of drug-likeness (QED) is 0.811. The Balaban J connectivity index is 1.17. The highest BCUT2D eigenvalue weighted by atomic mass is 32.1. The Kier molecular flexibility index (Phi) is 5.13. The fourth-order valence-corrected chi connectivity index (χ4v) is 4.89. The van der Waals surface area contributed by atoms with Crippen molar-refractivity contribution >= 4 is 17.2 Å². The summed E-state index contributed by atoms with van der Waals surface area (Å²) in [6, 6.07) is 8.45. The largest absolute Gasteiger partial charge is 0.338 e. The van der Waals surface area contributed by atoms with Gasteiger partial charge in [-0.15, -0.1) is 11.3 Å². The van der Waals surface area contributed by atoms with Crippen molar-refractivity contribution in [2.45, 2.75) is 45.1 Å². The maximum atomic E-state index is 12.4. The molecule has 1 aliphatic heterocycles. The van der Waals surface area contributed by atoms with Crippen molar-refractivity contribution in [2.75, 3.05) is 19.6 Å². The van der Waals surface area contributed by atoms with Gasteiger partial charge in [-0.3, -0.25) is 4.79 Å². The molecule has 0 fully saturated rings. The Bertz CT molecular complexity index is 734. The summed E-state index contributed by atoms with van der Waals surface area (Å²) in [6.45, 7) is 3.27. The standard InChI is InChI=1S/C20H25N3OS/c24-20(23-13-10-15-4-1-2-5-16(15)14-23)9-12-21-11-8-19-22-17-6-3-7-18(17)25-19/h1-2,4-5,21H,3,6-14H2. The number of carbonyl (C=O) groups excluding carboxylic acids is 1.